The Kier molecular flexibility index (Phi) is 6.17. The molecule has 0 aliphatic heterocycles. The Morgan fingerprint density at radius 3 is 2.85 bits per heavy atom. The minimum Gasteiger partial charge on any atom is -0.375 e. The van der Waals surface area contributed by atoms with E-state index in [-0.39, 0.29) is 10.6 Å². The van der Waals surface area contributed by atoms with Crippen LogP contribution in [0.1, 0.15) is 26.0 Å². The lowest BCUT2D eigenvalue weighted by Gasteiger charge is -2.07. The Hall–Kier alpha value is -1.89. The number of hydrogen-bond acceptors (Lipinski definition) is 5. The molecule has 0 unspecified atom stereocenters. The fourth-order valence-electron chi connectivity index (χ4n) is 1.85. The van der Waals surface area contributed by atoms with Crippen molar-refractivity contribution >= 4 is 11.5 Å². The normalized spacial score (nSPS) is 10.6. The molecule has 0 fully saturated rings. The molecule has 20 heavy (non-hydrogen) atoms. The van der Waals surface area contributed by atoms with E-state index in [1.54, 1.807) is 7.05 Å². The van der Waals surface area contributed by atoms with Crippen LogP contribution in [0.5, 0.6) is 0 Å². The first-order valence-corrected chi connectivity index (χ1v) is 6.63. The Labute approximate surface area is 118 Å². The Balaban J connectivity index is 2.68. The SMILES string of the molecule is C=C(C)COCCNc1c([N+](=O)[O-])c(CCC)nn1C. The molecule has 0 bridgehead atoms. The van der Waals surface area contributed by atoms with Gasteiger partial charge in [-0.3, -0.25) is 10.1 Å². The van der Waals surface area contributed by atoms with Gasteiger partial charge in [0.2, 0.25) is 5.82 Å². The summed E-state index contributed by atoms with van der Waals surface area (Å²) in [5.74, 6) is 0.428. The van der Waals surface area contributed by atoms with Gasteiger partial charge in [-0.1, -0.05) is 25.5 Å². The molecule has 1 aromatic rings. The second-order valence-electron chi connectivity index (χ2n) is 4.71. The molecule has 1 rings (SSSR count). The maximum atomic E-state index is 11.2. The summed E-state index contributed by atoms with van der Waals surface area (Å²) < 4.78 is 6.87. The number of nitrogens with zero attached hydrogens (tertiary/aromatic N) is 3. The number of ether oxygens (including phenoxy) is 1. The summed E-state index contributed by atoms with van der Waals surface area (Å²) in [4.78, 5) is 10.8. The van der Waals surface area contributed by atoms with Gasteiger partial charge in [0.15, 0.2) is 0 Å². The Bertz CT molecular complexity index is 482. The Morgan fingerprint density at radius 2 is 2.30 bits per heavy atom. The lowest BCUT2D eigenvalue weighted by atomic mass is 10.2. The van der Waals surface area contributed by atoms with Crippen LogP contribution in [0, 0.1) is 10.1 Å². The average molecular weight is 282 g/mol. The van der Waals surface area contributed by atoms with Crippen molar-refractivity contribution in [3.05, 3.63) is 28.0 Å². The highest BCUT2D eigenvalue weighted by atomic mass is 16.6. The quantitative estimate of drug-likeness (QED) is 0.325. The predicted octanol–water partition coefficient (Wildman–Crippen LogP) is 2.29. The number of aromatic nitrogens is 2. The average Bonchev–Trinajstić information content (AvgIpc) is 2.65. The highest BCUT2D eigenvalue weighted by molar-refractivity contribution is 5.59. The fraction of sp³-hybridized carbons (Fsp3) is 0.615. The van der Waals surface area contributed by atoms with Crippen LogP contribution >= 0.6 is 0 Å². The van der Waals surface area contributed by atoms with Crippen molar-refractivity contribution in [1.29, 1.82) is 0 Å². The van der Waals surface area contributed by atoms with E-state index in [4.69, 9.17) is 4.74 Å². The molecule has 0 aromatic carbocycles. The highest BCUT2D eigenvalue weighted by Crippen LogP contribution is 2.28. The molecule has 1 heterocycles. The second kappa shape index (κ2) is 7.64. The molecule has 0 saturated carbocycles. The van der Waals surface area contributed by atoms with Gasteiger partial charge in [-0.05, 0) is 13.3 Å². The van der Waals surface area contributed by atoms with Crippen LogP contribution in [0.15, 0.2) is 12.2 Å². The molecule has 0 aliphatic carbocycles. The van der Waals surface area contributed by atoms with Crippen molar-refractivity contribution < 1.29 is 9.66 Å². The topological polar surface area (TPSA) is 82.2 Å². The van der Waals surface area contributed by atoms with E-state index in [0.717, 1.165) is 12.0 Å². The van der Waals surface area contributed by atoms with E-state index < -0.39 is 0 Å². The second-order valence-corrected chi connectivity index (χ2v) is 4.71. The monoisotopic (exact) mass is 282 g/mol. The smallest absolute Gasteiger partial charge is 0.333 e. The van der Waals surface area contributed by atoms with Crippen molar-refractivity contribution in [1.82, 2.24) is 9.78 Å². The van der Waals surface area contributed by atoms with Crippen molar-refractivity contribution in [2.24, 2.45) is 7.05 Å². The van der Waals surface area contributed by atoms with E-state index in [1.165, 1.54) is 4.68 Å². The maximum Gasteiger partial charge on any atom is 0.333 e. The highest BCUT2D eigenvalue weighted by Gasteiger charge is 2.25. The van der Waals surface area contributed by atoms with Gasteiger partial charge >= 0.3 is 5.69 Å². The molecule has 0 amide bonds. The van der Waals surface area contributed by atoms with Crippen LogP contribution in [-0.2, 0) is 18.2 Å². The Morgan fingerprint density at radius 1 is 1.60 bits per heavy atom. The zero-order chi connectivity index (χ0) is 15.1. The molecular formula is C13H22N4O3. The minimum atomic E-state index is -0.380. The fourth-order valence-corrected chi connectivity index (χ4v) is 1.85. The van der Waals surface area contributed by atoms with Gasteiger partial charge in [-0.15, -0.1) is 0 Å². The van der Waals surface area contributed by atoms with Crippen molar-refractivity contribution in [2.45, 2.75) is 26.7 Å². The number of aryl methyl sites for hydroxylation is 2. The van der Waals surface area contributed by atoms with Crippen LogP contribution in [-0.4, -0.2) is 34.5 Å². The van der Waals surface area contributed by atoms with Crippen LogP contribution in [0.2, 0.25) is 0 Å². The molecule has 0 radical (unpaired) electrons. The van der Waals surface area contributed by atoms with Crippen molar-refractivity contribution in [3.8, 4) is 0 Å². The summed E-state index contributed by atoms with van der Waals surface area (Å²) in [6.45, 7) is 9.03. The van der Waals surface area contributed by atoms with Gasteiger partial charge in [0, 0.05) is 13.6 Å². The standard InChI is InChI=1S/C13H22N4O3/c1-5-6-11-12(17(18)19)13(16(4)15-11)14-7-8-20-9-10(2)3/h14H,2,5-9H2,1,3-4H3. The molecule has 1 aromatic heterocycles. The summed E-state index contributed by atoms with van der Waals surface area (Å²) in [6.07, 6.45) is 1.41. The van der Waals surface area contributed by atoms with Crippen molar-refractivity contribution in [3.63, 3.8) is 0 Å². The van der Waals surface area contributed by atoms with Crippen LogP contribution in [0.25, 0.3) is 0 Å². The number of hydrogen-bond donors (Lipinski definition) is 1. The van der Waals surface area contributed by atoms with E-state index in [9.17, 15) is 10.1 Å². The third-order valence-electron chi connectivity index (χ3n) is 2.65. The molecule has 0 aliphatic rings. The zero-order valence-electron chi connectivity index (χ0n) is 12.3. The largest absolute Gasteiger partial charge is 0.375 e. The lowest BCUT2D eigenvalue weighted by Crippen LogP contribution is -2.13. The lowest BCUT2D eigenvalue weighted by molar-refractivity contribution is -0.384. The first-order chi connectivity index (χ1) is 9.47. The predicted molar refractivity (Wildman–Crippen MR) is 78.0 cm³/mol. The number of anilines is 1. The minimum absolute atomic E-state index is 0.0641. The summed E-state index contributed by atoms with van der Waals surface area (Å²) in [5.41, 5.74) is 1.53. The molecule has 0 saturated heterocycles. The molecule has 0 spiro atoms. The van der Waals surface area contributed by atoms with Gasteiger partial charge < -0.3 is 10.1 Å². The van der Waals surface area contributed by atoms with E-state index in [2.05, 4.69) is 17.0 Å². The summed E-state index contributed by atoms with van der Waals surface area (Å²) in [7, 11) is 1.70. The first kappa shape index (κ1) is 16.2. The third-order valence-corrected chi connectivity index (χ3v) is 2.65. The van der Waals surface area contributed by atoms with E-state index in [1.807, 2.05) is 13.8 Å². The summed E-state index contributed by atoms with van der Waals surface area (Å²) in [5, 5.41) is 18.4. The number of rotatable bonds is 9. The van der Waals surface area contributed by atoms with E-state index >= 15 is 0 Å². The summed E-state index contributed by atoms with van der Waals surface area (Å²) >= 11 is 0. The zero-order valence-corrected chi connectivity index (χ0v) is 12.3. The molecule has 7 heteroatoms. The van der Waals surface area contributed by atoms with Gasteiger partial charge in [0.1, 0.15) is 5.69 Å². The number of nitrogens with one attached hydrogen (secondary N) is 1. The number of nitro groups is 1. The third kappa shape index (κ3) is 4.34. The van der Waals surface area contributed by atoms with E-state index in [0.29, 0.717) is 37.7 Å². The molecule has 0 atom stereocenters. The van der Waals surface area contributed by atoms with Crippen molar-refractivity contribution in [2.75, 3.05) is 25.1 Å². The van der Waals surface area contributed by atoms with Crippen LogP contribution < -0.4 is 5.32 Å². The first-order valence-electron chi connectivity index (χ1n) is 6.63. The van der Waals surface area contributed by atoms with Gasteiger partial charge in [-0.2, -0.15) is 5.10 Å². The van der Waals surface area contributed by atoms with Crippen LogP contribution in [0.4, 0.5) is 11.5 Å². The maximum absolute atomic E-state index is 11.2. The van der Waals surface area contributed by atoms with Gasteiger partial charge in [0.25, 0.3) is 0 Å². The van der Waals surface area contributed by atoms with Crippen LogP contribution in [0.3, 0.4) is 0 Å². The molecule has 7 nitrogen and oxygen atoms in total. The summed E-state index contributed by atoms with van der Waals surface area (Å²) in [6, 6.07) is 0. The van der Waals surface area contributed by atoms with Gasteiger partial charge in [0.05, 0.1) is 18.1 Å². The van der Waals surface area contributed by atoms with Gasteiger partial charge in [-0.25, -0.2) is 4.68 Å². The molecular weight excluding hydrogens is 260 g/mol. The molecule has 1 N–H and O–H groups in total. The molecule has 112 valence electrons.